The van der Waals surface area contributed by atoms with Gasteiger partial charge in [0.05, 0.1) is 6.10 Å². The minimum atomic E-state index is -1.16. The van der Waals surface area contributed by atoms with Crippen LogP contribution in [0.1, 0.15) is 12.8 Å². The van der Waals surface area contributed by atoms with Gasteiger partial charge in [0.1, 0.15) is 6.04 Å². The molecule has 1 aliphatic heterocycles. The van der Waals surface area contributed by atoms with Crippen LogP contribution in [0.5, 0.6) is 0 Å². The summed E-state index contributed by atoms with van der Waals surface area (Å²) in [7, 11) is 0. The Balaban J connectivity index is 2.49. The molecule has 1 saturated heterocycles. The van der Waals surface area contributed by atoms with Gasteiger partial charge in [0.25, 0.3) is 0 Å². The molecular weight excluding hydrogens is 212 g/mol. The van der Waals surface area contributed by atoms with Crippen molar-refractivity contribution in [1.82, 2.24) is 10.2 Å². The van der Waals surface area contributed by atoms with E-state index in [4.69, 9.17) is 11.5 Å². The zero-order valence-electron chi connectivity index (χ0n) is 8.72. The number of likely N-dealkylation sites (tertiary alicyclic amines) is 1. The fraction of sp³-hybridized carbons (Fsp3) is 0.600. The normalized spacial score (nSPS) is 21.2. The minimum absolute atomic E-state index is 0.0581. The Labute approximate surface area is 93.2 Å². The van der Waals surface area contributed by atoms with Crippen LogP contribution in [-0.4, -0.2) is 52.3 Å². The van der Waals surface area contributed by atoms with Crippen molar-refractivity contribution in [3.63, 3.8) is 0 Å². The third-order valence-corrected chi connectivity index (χ3v) is 2.37. The molecule has 1 fully saturated rings. The average Bonchev–Trinajstić information content (AvgIpc) is 2.64. The molecule has 0 radical (unpaired) electrons. The molecule has 0 aromatic rings. The molecule has 1 rings (SSSR count). The van der Waals surface area contributed by atoms with E-state index in [-0.39, 0.29) is 13.0 Å². The second-order valence-electron chi connectivity index (χ2n) is 3.64. The maximum atomic E-state index is 11.6. The lowest BCUT2D eigenvalue weighted by Crippen LogP contribution is -2.47. The molecule has 0 bridgehead atoms. The summed E-state index contributed by atoms with van der Waals surface area (Å²) in [5, 5.41) is 20.3. The van der Waals surface area contributed by atoms with E-state index < -0.39 is 24.1 Å². The number of urea groups is 1. The molecule has 0 aliphatic carbocycles. The van der Waals surface area contributed by atoms with Crippen molar-refractivity contribution in [1.29, 1.82) is 0 Å². The van der Waals surface area contributed by atoms with Crippen LogP contribution in [-0.2, 0) is 4.79 Å². The van der Waals surface area contributed by atoms with Crippen molar-refractivity contribution >= 4 is 12.0 Å². The number of nitrogens with zero attached hydrogens (tertiary/aromatic N) is 1. The number of aliphatic hydroxyl groups excluding tert-OH is 1. The first kappa shape index (κ1) is 12.3. The van der Waals surface area contributed by atoms with Crippen molar-refractivity contribution in [2.75, 3.05) is 13.1 Å². The van der Waals surface area contributed by atoms with Gasteiger partial charge in [-0.2, -0.15) is 0 Å². The van der Waals surface area contributed by atoms with E-state index in [1.54, 1.807) is 0 Å². The fourth-order valence-corrected chi connectivity index (χ4v) is 1.48. The van der Waals surface area contributed by atoms with E-state index in [2.05, 4.69) is 11.2 Å². The molecule has 0 saturated carbocycles. The Kier molecular flexibility index (Phi) is 4.14. The Morgan fingerprint density at radius 1 is 1.62 bits per heavy atom. The predicted molar refractivity (Wildman–Crippen MR) is 55.6 cm³/mol. The van der Waals surface area contributed by atoms with Crippen molar-refractivity contribution in [3.8, 4) is 12.3 Å². The zero-order valence-corrected chi connectivity index (χ0v) is 8.72. The number of aliphatic carboxylic acids is 1. The van der Waals surface area contributed by atoms with Crippen molar-refractivity contribution in [2.45, 2.75) is 25.0 Å². The number of terminal acetylenes is 1. The molecule has 2 amide bonds. The summed E-state index contributed by atoms with van der Waals surface area (Å²) in [4.78, 5) is 23.7. The monoisotopic (exact) mass is 226 g/mol. The first-order valence-electron chi connectivity index (χ1n) is 4.94. The molecule has 2 unspecified atom stereocenters. The molecule has 0 aromatic heterocycles. The maximum absolute atomic E-state index is 11.6. The topological polar surface area (TPSA) is 89.9 Å². The highest BCUT2D eigenvalue weighted by atomic mass is 16.4. The van der Waals surface area contributed by atoms with E-state index in [1.165, 1.54) is 4.90 Å². The number of carboxylic acids is 1. The Morgan fingerprint density at radius 3 is 2.75 bits per heavy atom. The summed E-state index contributed by atoms with van der Waals surface area (Å²) >= 11 is 0. The van der Waals surface area contributed by atoms with Gasteiger partial charge in [0.2, 0.25) is 0 Å². The predicted octanol–water partition coefficient (Wildman–Crippen LogP) is -0.761. The number of β-amino-alcohol motifs (C(OH)–C–C–N with tert-alkyl or cyclic N) is 1. The third-order valence-electron chi connectivity index (χ3n) is 2.37. The number of aliphatic hydroxyl groups is 1. The van der Waals surface area contributed by atoms with Crippen LogP contribution < -0.4 is 5.32 Å². The van der Waals surface area contributed by atoms with Crippen LogP contribution >= 0.6 is 0 Å². The van der Waals surface area contributed by atoms with Crippen molar-refractivity contribution in [3.05, 3.63) is 0 Å². The van der Waals surface area contributed by atoms with Crippen molar-refractivity contribution < 1.29 is 19.8 Å². The largest absolute Gasteiger partial charge is 0.480 e. The summed E-state index contributed by atoms with van der Waals surface area (Å²) in [5.41, 5.74) is 0. The first-order chi connectivity index (χ1) is 7.54. The number of carboxylic acid groups (broad SMARTS) is 1. The van der Waals surface area contributed by atoms with Crippen LogP contribution in [0.15, 0.2) is 0 Å². The molecule has 1 heterocycles. The van der Waals surface area contributed by atoms with Crippen LogP contribution in [0, 0.1) is 12.3 Å². The lowest BCUT2D eigenvalue weighted by Gasteiger charge is -2.19. The number of nitrogens with one attached hydrogen (secondary N) is 1. The second kappa shape index (κ2) is 5.37. The number of amides is 2. The molecular formula is C10H14N2O4. The number of hydrogen-bond acceptors (Lipinski definition) is 3. The zero-order chi connectivity index (χ0) is 12.1. The van der Waals surface area contributed by atoms with Gasteiger partial charge in [-0.05, 0) is 6.42 Å². The van der Waals surface area contributed by atoms with Crippen molar-refractivity contribution in [2.24, 2.45) is 0 Å². The average molecular weight is 226 g/mol. The number of carbonyl (C=O) groups excluding carboxylic acids is 1. The van der Waals surface area contributed by atoms with E-state index in [9.17, 15) is 14.7 Å². The first-order valence-corrected chi connectivity index (χ1v) is 4.94. The summed E-state index contributed by atoms with van der Waals surface area (Å²) in [6, 6.07) is -1.57. The summed E-state index contributed by atoms with van der Waals surface area (Å²) < 4.78 is 0. The Morgan fingerprint density at radius 2 is 2.31 bits per heavy atom. The number of carbonyl (C=O) groups is 2. The standard InChI is InChI=1S/C10H14N2O4/c1-2-3-8(9(14)15)11-10(16)12-5-4-7(13)6-12/h1,7-8,13H,3-6H2,(H,11,16)(H,14,15). The van der Waals surface area contributed by atoms with Gasteiger partial charge in [-0.3, -0.25) is 0 Å². The Hall–Kier alpha value is -1.74. The van der Waals surface area contributed by atoms with Gasteiger partial charge >= 0.3 is 12.0 Å². The van der Waals surface area contributed by atoms with Crippen LogP contribution in [0.25, 0.3) is 0 Å². The fourth-order valence-electron chi connectivity index (χ4n) is 1.48. The molecule has 6 nitrogen and oxygen atoms in total. The molecule has 88 valence electrons. The quantitative estimate of drug-likeness (QED) is 0.552. The lowest BCUT2D eigenvalue weighted by atomic mass is 10.2. The lowest BCUT2D eigenvalue weighted by molar-refractivity contribution is -0.139. The molecule has 16 heavy (non-hydrogen) atoms. The Bertz CT molecular complexity index is 323. The molecule has 2 atom stereocenters. The smallest absolute Gasteiger partial charge is 0.327 e. The molecule has 3 N–H and O–H groups in total. The van der Waals surface area contributed by atoms with E-state index in [1.807, 2.05) is 0 Å². The molecule has 6 heteroatoms. The minimum Gasteiger partial charge on any atom is -0.480 e. The molecule has 0 spiro atoms. The number of rotatable bonds is 3. The highest BCUT2D eigenvalue weighted by molar-refractivity contribution is 5.82. The van der Waals surface area contributed by atoms with E-state index in [0.717, 1.165) is 0 Å². The van der Waals surface area contributed by atoms with Crippen LogP contribution in [0.4, 0.5) is 4.79 Å². The number of hydrogen-bond donors (Lipinski definition) is 3. The summed E-state index contributed by atoms with van der Waals surface area (Å²) in [6.45, 7) is 0.656. The highest BCUT2D eigenvalue weighted by Gasteiger charge is 2.27. The maximum Gasteiger partial charge on any atom is 0.327 e. The molecule has 0 aromatic carbocycles. The van der Waals surface area contributed by atoms with E-state index in [0.29, 0.717) is 13.0 Å². The van der Waals surface area contributed by atoms with Gasteiger partial charge < -0.3 is 20.4 Å². The van der Waals surface area contributed by atoms with Gasteiger partial charge in [-0.15, -0.1) is 12.3 Å². The van der Waals surface area contributed by atoms with Crippen LogP contribution in [0.3, 0.4) is 0 Å². The van der Waals surface area contributed by atoms with Gasteiger partial charge in [0.15, 0.2) is 0 Å². The molecule has 1 aliphatic rings. The van der Waals surface area contributed by atoms with Gasteiger partial charge in [-0.1, -0.05) is 0 Å². The third kappa shape index (κ3) is 3.14. The van der Waals surface area contributed by atoms with E-state index >= 15 is 0 Å². The van der Waals surface area contributed by atoms with Crippen LogP contribution in [0.2, 0.25) is 0 Å². The van der Waals surface area contributed by atoms with Gasteiger partial charge in [0, 0.05) is 19.5 Å². The summed E-state index contributed by atoms with van der Waals surface area (Å²) in [5.74, 6) is 1.03. The van der Waals surface area contributed by atoms with Gasteiger partial charge in [-0.25, -0.2) is 9.59 Å². The SMILES string of the molecule is C#CCC(NC(=O)N1CCC(O)C1)C(=O)O. The highest BCUT2D eigenvalue weighted by Crippen LogP contribution is 2.08. The summed E-state index contributed by atoms with van der Waals surface area (Å²) in [6.07, 6.45) is 4.93. The second-order valence-corrected chi connectivity index (χ2v) is 3.64.